The van der Waals surface area contributed by atoms with Crippen LogP contribution in [0.4, 0.5) is 0 Å². The van der Waals surface area contributed by atoms with Crippen LogP contribution in [0.5, 0.6) is 0 Å². The standard InChI is InChI=1S/C16H15BrN2O2/c17-14-8-4-7-13(9-14)16-18-10-15(20)19(16)21-11-12-5-2-1-3-6-12/h1-9,16,18H,10-11H2. The maximum atomic E-state index is 12.0. The van der Waals surface area contributed by atoms with E-state index in [2.05, 4.69) is 21.2 Å². The number of hydrogen-bond donors (Lipinski definition) is 1. The van der Waals surface area contributed by atoms with E-state index in [1.54, 1.807) is 0 Å². The van der Waals surface area contributed by atoms with Crippen LogP contribution in [0.25, 0.3) is 0 Å². The Morgan fingerprint density at radius 3 is 2.76 bits per heavy atom. The summed E-state index contributed by atoms with van der Waals surface area (Å²) in [5, 5.41) is 4.59. The van der Waals surface area contributed by atoms with Gasteiger partial charge in [-0.1, -0.05) is 58.4 Å². The summed E-state index contributed by atoms with van der Waals surface area (Å²) in [7, 11) is 0. The lowest BCUT2D eigenvalue weighted by atomic mass is 10.2. The molecule has 1 unspecified atom stereocenters. The molecule has 1 amide bonds. The number of halogens is 1. The molecule has 0 aromatic heterocycles. The molecule has 0 saturated carbocycles. The lowest BCUT2D eigenvalue weighted by molar-refractivity contribution is -0.196. The number of carbonyl (C=O) groups is 1. The van der Waals surface area contributed by atoms with Crippen LogP contribution >= 0.6 is 15.9 Å². The van der Waals surface area contributed by atoms with Crippen LogP contribution in [0.3, 0.4) is 0 Å². The Labute approximate surface area is 131 Å². The van der Waals surface area contributed by atoms with Gasteiger partial charge in [0.25, 0.3) is 5.91 Å². The molecule has 3 rings (SSSR count). The van der Waals surface area contributed by atoms with Gasteiger partial charge in [-0.3, -0.25) is 14.9 Å². The first-order chi connectivity index (χ1) is 10.2. The average molecular weight is 347 g/mol. The van der Waals surface area contributed by atoms with Crippen molar-refractivity contribution < 1.29 is 9.63 Å². The van der Waals surface area contributed by atoms with Gasteiger partial charge < -0.3 is 0 Å². The van der Waals surface area contributed by atoms with Crippen molar-refractivity contribution in [3.63, 3.8) is 0 Å². The number of benzene rings is 2. The summed E-state index contributed by atoms with van der Waals surface area (Å²) in [6, 6.07) is 17.7. The molecular formula is C16H15BrN2O2. The summed E-state index contributed by atoms with van der Waals surface area (Å²) in [5.41, 5.74) is 2.02. The first kappa shape index (κ1) is 14.3. The normalized spacial score (nSPS) is 18.2. The van der Waals surface area contributed by atoms with E-state index >= 15 is 0 Å². The van der Waals surface area contributed by atoms with Gasteiger partial charge >= 0.3 is 0 Å². The van der Waals surface area contributed by atoms with Crippen molar-refractivity contribution >= 4 is 21.8 Å². The summed E-state index contributed by atoms with van der Waals surface area (Å²) in [4.78, 5) is 17.7. The maximum absolute atomic E-state index is 12.0. The molecule has 0 aliphatic carbocycles. The molecule has 1 aliphatic rings. The summed E-state index contributed by atoms with van der Waals surface area (Å²) >= 11 is 3.45. The first-order valence-corrected chi connectivity index (χ1v) is 7.51. The summed E-state index contributed by atoms with van der Waals surface area (Å²) < 4.78 is 0.976. The van der Waals surface area contributed by atoms with E-state index in [-0.39, 0.29) is 18.6 Å². The van der Waals surface area contributed by atoms with E-state index in [0.717, 1.165) is 15.6 Å². The fourth-order valence-corrected chi connectivity index (χ4v) is 2.70. The second kappa shape index (κ2) is 6.39. The molecule has 5 heteroatoms. The van der Waals surface area contributed by atoms with Gasteiger partial charge in [0.1, 0.15) is 12.8 Å². The molecule has 1 N–H and O–H groups in total. The lowest BCUT2D eigenvalue weighted by Gasteiger charge is -2.23. The smallest absolute Gasteiger partial charge is 0.261 e. The van der Waals surface area contributed by atoms with Crippen molar-refractivity contribution in [2.75, 3.05) is 6.54 Å². The molecule has 1 aliphatic heterocycles. The van der Waals surface area contributed by atoms with Crippen molar-refractivity contribution in [2.45, 2.75) is 12.8 Å². The van der Waals surface area contributed by atoms with Crippen LogP contribution in [0, 0.1) is 0 Å². The van der Waals surface area contributed by atoms with Crippen LogP contribution in [0.15, 0.2) is 59.1 Å². The quantitative estimate of drug-likeness (QED) is 0.925. The second-order valence-corrected chi connectivity index (χ2v) is 5.73. The average Bonchev–Trinajstić information content (AvgIpc) is 2.87. The summed E-state index contributed by atoms with van der Waals surface area (Å²) in [6.45, 7) is 0.657. The van der Waals surface area contributed by atoms with Gasteiger partial charge in [-0.15, -0.1) is 0 Å². The molecule has 0 spiro atoms. The van der Waals surface area contributed by atoms with Crippen molar-refractivity contribution in [2.24, 2.45) is 0 Å². The zero-order chi connectivity index (χ0) is 14.7. The van der Waals surface area contributed by atoms with E-state index in [4.69, 9.17) is 4.84 Å². The Balaban J connectivity index is 1.74. The maximum Gasteiger partial charge on any atom is 0.261 e. The Morgan fingerprint density at radius 2 is 2.00 bits per heavy atom. The minimum absolute atomic E-state index is 0.0593. The molecule has 0 radical (unpaired) electrons. The van der Waals surface area contributed by atoms with E-state index in [1.807, 2.05) is 54.6 Å². The van der Waals surface area contributed by atoms with E-state index in [9.17, 15) is 4.79 Å². The molecule has 1 saturated heterocycles. The van der Waals surface area contributed by atoms with Crippen LogP contribution < -0.4 is 5.32 Å². The molecule has 4 nitrogen and oxygen atoms in total. The Hall–Kier alpha value is -1.69. The molecule has 1 atom stereocenters. The molecule has 1 fully saturated rings. The largest absolute Gasteiger partial charge is 0.283 e. The zero-order valence-electron chi connectivity index (χ0n) is 11.3. The monoisotopic (exact) mass is 346 g/mol. The van der Waals surface area contributed by atoms with Crippen molar-refractivity contribution in [1.29, 1.82) is 0 Å². The van der Waals surface area contributed by atoms with Crippen LogP contribution in [-0.4, -0.2) is 17.5 Å². The van der Waals surface area contributed by atoms with E-state index in [1.165, 1.54) is 5.06 Å². The molecule has 1 heterocycles. The van der Waals surface area contributed by atoms with Crippen molar-refractivity contribution in [3.8, 4) is 0 Å². The number of hydroxylamine groups is 2. The highest BCUT2D eigenvalue weighted by atomic mass is 79.9. The molecule has 2 aromatic rings. The second-order valence-electron chi connectivity index (χ2n) is 4.82. The number of hydrogen-bond acceptors (Lipinski definition) is 3. The molecule has 108 valence electrons. The number of nitrogens with one attached hydrogen (secondary N) is 1. The van der Waals surface area contributed by atoms with Gasteiger partial charge in [0.05, 0.1) is 6.54 Å². The van der Waals surface area contributed by atoms with Gasteiger partial charge in [0.2, 0.25) is 0 Å². The Morgan fingerprint density at radius 1 is 1.19 bits per heavy atom. The third-order valence-corrected chi connectivity index (χ3v) is 3.80. The SMILES string of the molecule is O=C1CNC(c2cccc(Br)c2)N1OCc1ccccc1. The van der Waals surface area contributed by atoms with E-state index in [0.29, 0.717) is 6.61 Å². The number of amides is 1. The van der Waals surface area contributed by atoms with Crippen LogP contribution in [-0.2, 0) is 16.2 Å². The predicted octanol–water partition coefficient (Wildman–Crippen LogP) is 3.01. The highest BCUT2D eigenvalue weighted by Gasteiger charge is 2.32. The number of nitrogens with zero attached hydrogens (tertiary/aromatic N) is 1. The highest BCUT2D eigenvalue weighted by Crippen LogP contribution is 2.25. The minimum Gasteiger partial charge on any atom is -0.283 e. The van der Waals surface area contributed by atoms with Gasteiger partial charge in [-0.05, 0) is 23.3 Å². The third-order valence-electron chi connectivity index (χ3n) is 3.30. The van der Waals surface area contributed by atoms with Gasteiger partial charge in [0, 0.05) is 4.47 Å². The van der Waals surface area contributed by atoms with Crippen LogP contribution in [0.1, 0.15) is 17.3 Å². The summed E-state index contributed by atoms with van der Waals surface area (Å²) in [6.07, 6.45) is -0.251. The minimum atomic E-state index is -0.251. The highest BCUT2D eigenvalue weighted by molar-refractivity contribution is 9.10. The van der Waals surface area contributed by atoms with Crippen molar-refractivity contribution in [1.82, 2.24) is 10.4 Å². The van der Waals surface area contributed by atoms with Crippen molar-refractivity contribution in [3.05, 3.63) is 70.2 Å². The fourth-order valence-electron chi connectivity index (χ4n) is 2.28. The number of carbonyl (C=O) groups excluding carboxylic acids is 1. The Kier molecular flexibility index (Phi) is 4.34. The topological polar surface area (TPSA) is 41.6 Å². The van der Waals surface area contributed by atoms with Gasteiger partial charge in [-0.2, -0.15) is 5.06 Å². The fraction of sp³-hybridized carbons (Fsp3) is 0.188. The van der Waals surface area contributed by atoms with Gasteiger partial charge in [0.15, 0.2) is 0 Å². The molecule has 0 bridgehead atoms. The zero-order valence-corrected chi connectivity index (χ0v) is 12.9. The number of rotatable bonds is 4. The summed E-state index contributed by atoms with van der Waals surface area (Å²) in [5.74, 6) is -0.0593. The van der Waals surface area contributed by atoms with E-state index < -0.39 is 0 Å². The first-order valence-electron chi connectivity index (χ1n) is 6.72. The third kappa shape index (κ3) is 3.32. The molecule has 2 aromatic carbocycles. The molecule has 21 heavy (non-hydrogen) atoms. The van der Waals surface area contributed by atoms with Crippen LogP contribution in [0.2, 0.25) is 0 Å². The Bertz CT molecular complexity index is 633. The molecular weight excluding hydrogens is 332 g/mol. The van der Waals surface area contributed by atoms with Gasteiger partial charge in [-0.25, -0.2) is 0 Å². The predicted molar refractivity (Wildman–Crippen MR) is 83.0 cm³/mol. The lowest BCUT2D eigenvalue weighted by Crippen LogP contribution is -2.30.